The largest absolute Gasteiger partial charge is 0.457 e. The fraction of sp³-hybridized carbons (Fsp3) is 0.346. The average molecular weight is 461 g/mol. The van der Waals surface area contributed by atoms with Crippen LogP contribution in [0.25, 0.3) is 21.5 Å². The summed E-state index contributed by atoms with van der Waals surface area (Å²) in [4.78, 5) is 15.7. The first kappa shape index (κ1) is 21.8. The SMILES string of the molecule is CN(C)c1cc(-c2cc(Oc3ccc4nc(C[C@@H]5CCCC[C@H]5O)sc4c3)ccn2)ccn1. The van der Waals surface area contributed by atoms with Crippen molar-refractivity contribution in [2.75, 3.05) is 19.0 Å². The Labute approximate surface area is 197 Å². The Bertz CT molecular complexity index is 1260. The molecule has 0 aliphatic heterocycles. The first-order chi connectivity index (χ1) is 16.0. The second-order valence-corrected chi connectivity index (χ2v) is 9.94. The second kappa shape index (κ2) is 9.45. The first-order valence-corrected chi connectivity index (χ1v) is 12.2. The van der Waals surface area contributed by atoms with Crippen molar-refractivity contribution in [1.82, 2.24) is 15.0 Å². The molecule has 0 amide bonds. The maximum Gasteiger partial charge on any atom is 0.131 e. The Balaban J connectivity index is 1.34. The Morgan fingerprint density at radius 2 is 1.82 bits per heavy atom. The van der Waals surface area contributed by atoms with Gasteiger partial charge in [0.25, 0.3) is 0 Å². The summed E-state index contributed by atoms with van der Waals surface area (Å²) >= 11 is 1.70. The quantitative estimate of drug-likeness (QED) is 0.398. The number of hydrogen-bond acceptors (Lipinski definition) is 7. The predicted molar refractivity (Wildman–Crippen MR) is 133 cm³/mol. The van der Waals surface area contributed by atoms with Gasteiger partial charge in [0.2, 0.25) is 0 Å². The summed E-state index contributed by atoms with van der Waals surface area (Å²) in [5.41, 5.74) is 2.81. The molecule has 0 saturated heterocycles. The van der Waals surface area contributed by atoms with Crippen molar-refractivity contribution >= 4 is 27.4 Å². The third kappa shape index (κ3) is 4.99. The fourth-order valence-electron chi connectivity index (χ4n) is 4.34. The Hall–Kier alpha value is -3.03. The van der Waals surface area contributed by atoms with Crippen LogP contribution in [0.3, 0.4) is 0 Å². The zero-order valence-corrected chi connectivity index (χ0v) is 19.8. The van der Waals surface area contributed by atoms with E-state index in [1.807, 2.05) is 61.5 Å². The number of aliphatic hydroxyl groups is 1. The van der Waals surface area contributed by atoms with E-state index >= 15 is 0 Å². The summed E-state index contributed by atoms with van der Waals surface area (Å²) in [6, 6.07) is 13.8. The molecular formula is C26H28N4O2S. The minimum absolute atomic E-state index is 0.195. The van der Waals surface area contributed by atoms with Crippen LogP contribution in [0.2, 0.25) is 0 Å². The third-order valence-electron chi connectivity index (χ3n) is 6.18. The lowest BCUT2D eigenvalue weighted by Gasteiger charge is -2.26. The van der Waals surface area contributed by atoms with Gasteiger partial charge in [-0.15, -0.1) is 11.3 Å². The molecule has 2 atom stereocenters. The van der Waals surface area contributed by atoms with Gasteiger partial charge in [-0.2, -0.15) is 0 Å². The van der Waals surface area contributed by atoms with Gasteiger partial charge in [0.15, 0.2) is 0 Å². The van der Waals surface area contributed by atoms with Crippen molar-refractivity contribution in [3.05, 3.63) is 59.9 Å². The number of fused-ring (bicyclic) bond motifs is 1. The molecule has 0 radical (unpaired) electrons. The topological polar surface area (TPSA) is 71.4 Å². The standard InChI is InChI=1S/C26H28N4O2S/c1-30(2)25-13-17(9-11-28-25)22-15-20(10-12-27-22)32-19-7-8-21-24(16-19)33-26(29-21)14-18-5-3-4-6-23(18)31/h7-13,15-16,18,23,31H,3-6,14H2,1-2H3/t18-,23+/m0/s1. The molecule has 0 spiro atoms. The molecule has 1 aromatic carbocycles. The number of ether oxygens (including phenoxy) is 1. The Morgan fingerprint density at radius 3 is 2.67 bits per heavy atom. The number of aromatic nitrogens is 3. The van der Waals surface area contributed by atoms with Crippen molar-refractivity contribution in [3.8, 4) is 22.8 Å². The van der Waals surface area contributed by atoms with Crippen LogP contribution in [0.4, 0.5) is 5.82 Å². The normalized spacial score (nSPS) is 18.4. The van der Waals surface area contributed by atoms with E-state index in [1.54, 1.807) is 23.7 Å². The summed E-state index contributed by atoms with van der Waals surface area (Å²) < 4.78 is 7.28. The molecule has 5 rings (SSSR count). The van der Waals surface area contributed by atoms with Gasteiger partial charge in [0.1, 0.15) is 17.3 Å². The molecule has 4 aromatic rings. The molecule has 1 fully saturated rings. The molecule has 3 aromatic heterocycles. The zero-order valence-electron chi connectivity index (χ0n) is 18.9. The zero-order chi connectivity index (χ0) is 22.8. The van der Waals surface area contributed by atoms with Gasteiger partial charge < -0.3 is 14.7 Å². The van der Waals surface area contributed by atoms with Gasteiger partial charge in [-0.25, -0.2) is 9.97 Å². The summed E-state index contributed by atoms with van der Waals surface area (Å²) in [6.07, 6.45) is 8.55. The van der Waals surface area contributed by atoms with Crippen LogP contribution < -0.4 is 9.64 Å². The Morgan fingerprint density at radius 1 is 1.00 bits per heavy atom. The number of pyridine rings is 2. The molecule has 7 heteroatoms. The maximum absolute atomic E-state index is 10.3. The summed E-state index contributed by atoms with van der Waals surface area (Å²) in [5, 5.41) is 11.4. The molecule has 1 N–H and O–H groups in total. The molecule has 170 valence electrons. The van der Waals surface area contributed by atoms with Crippen LogP contribution in [0.1, 0.15) is 30.7 Å². The lowest BCUT2D eigenvalue weighted by molar-refractivity contribution is 0.0700. The summed E-state index contributed by atoms with van der Waals surface area (Å²) in [5.74, 6) is 2.72. The highest BCUT2D eigenvalue weighted by Gasteiger charge is 2.24. The first-order valence-electron chi connectivity index (χ1n) is 11.4. The van der Waals surface area contributed by atoms with Crippen molar-refractivity contribution < 1.29 is 9.84 Å². The van der Waals surface area contributed by atoms with Crippen molar-refractivity contribution in [2.24, 2.45) is 5.92 Å². The highest BCUT2D eigenvalue weighted by atomic mass is 32.1. The van der Waals surface area contributed by atoms with E-state index in [1.165, 1.54) is 6.42 Å². The molecule has 1 aliphatic carbocycles. The van der Waals surface area contributed by atoms with E-state index in [4.69, 9.17) is 9.72 Å². The number of rotatable bonds is 6. The average Bonchev–Trinajstić information content (AvgIpc) is 3.22. The minimum Gasteiger partial charge on any atom is -0.457 e. The number of aliphatic hydroxyl groups excluding tert-OH is 1. The van der Waals surface area contributed by atoms with Crippen LogP contribution in [0.5, 0.6) is 11.5 Å². The van der Waals surface area contributed by atoms with Crippen molar-refractivity contribution in [2.45, 2.75) is 38.2 Å². The van der Waals surface area contributed by atoms with Gasteiger partial charge in [-0.05, 0) is 49.1 Å². The van der Waals surface area contributed by atoms with Crippen LogP contribution in [0, 0.1) is 5.92 Å². The molecule has 33 heavy (non-hydrogen) atoms. The molecule has 1 saturated carbocycles. The molecular weight excluding hydrogens is 432 g/mol. The van der Waals surface area contributed by atoms with Gasteiger partial charge >= 0.3 is 0 Å². The number of benzene rings is 1. The third-order valence-corrected chi connectivity index (χ3v) is 7.22. The molecule has 3 heterocycles. The fourth-order valence-corrected chi connectivity index (χ4v) is 5.43. The Kier molecular flexibility index (Phi) is 6.24. The number of nitrogens with zero attached hydrogens (tertiary/aromatic N) is 4. The predicted octanol–water partition coefficient (Wildman–Crippen LogP) is 5.71. The van der Waals surface area contributed by atoms with E-state index in [0.717, 1.165) is 69.5 Å². The highest BCUT2D eigenvalue weighted by molar-refractivity contribution is 7.18. The van der Waals surface area contributed by atoms with E-state index in [9.17, 15) is 5.11 Å². The van der Waals surface area contributed by atoms with E-state index < -0.39 is 0 Å². The van der Waals surface area contributed by atoms with Crippen LogP contribution >= 0.6 is 11.3 Å². The highest BCUT2D eigenvalue weighted by Crippen LogP contribution is 2.33. The lowest BCUT2D eigenvalue weighted by Crippen LogP contribution is -2.26. The van der Waals surface area contributed by atoms with E-state index in [-0.39, 0.29) is 6.10 Å². The molecule has 0 bridgehead atoms. The maximum atomic E-state index is 10.3. The molecule has 1 aliphatic rings. The minimum atomic E-state index is -0.195. The summed E-state index contributed by atoms with van der Waals surface area (Å²) in [7, 11) is 3.94. The van der Waals surface area contributed by atoms with E-state index in [0.29, 0.717) is 5.92 Å². The van der Waals surface area contributed by atoms with Crippen LogP contribution in [0.15, 0.2) is 54.9 Å². The summed E-state index contributed by atoms with van der Waals surface area (Å²) in [6.45, 7) is 0. The van der Waals surface area contributed by atoms with Gasteiger partial charge in [0.05, 0.1) is 27.0 Å². The lowest BCUT2D eigenvalue weighted by atomic mass is 9.84. The van der Waals surface area contributed by atoms with Crippen LogP contribution in [-0.2, 0) is 6.42 Å². The van der Waals surface area contributed by atoms with Gasteiger partial charge in [-0.1, -0.05) is 12.8 Å². The van der Waals surface area contributed by atoms with Gasteiger partial charge in [-0.3, -0.25) is 4.98 Å². The van der Waals surface area contributed by atoms with Crippen LogP contribution in [-0.4, -0.2) is 40.3 Å². The van der Waals surface area contributed by atoms with E-state index in [2.05, 4.69) is 9.97 Å². The van der Waals surface area contributed by atoms with Crippen molar-refractivity contribution in [3.63, 3.8) is 0 Å². The van der Waals surface area contributed by atoms with Gasteiger partial charge in [0, 0.05) is 50.6 Å². The molecule has 6 nitrogen and oxygen atoms in total. The number of anilines is 1. The van der Waals surface area contributed by atoms with Crippen molar-refractivity contribution in [1.29, 1.82) is 0 Å². The number of thiazole rings is 1. The monoisotopic (exact) mass is 460 g/mol. The molecule has 0 unspecified atom stereocenters. The smallest absolute Gasteiger partial charge is 0.131 e. The second-order valence-electron chi connectivity index (χ2n) is 8.83. The number of hydrogen-bond donors (Lipinski definition) is 1.